The van der Waals surface area contributed by atoms with Gasteiger partial charge in [0.1, 0.15) is 5.75 Å². The lowest BCUT2D eigenvalue weighted by atomic mass is 10.2. The molecule has 0 atom stereocenters. The average molecular weight is 415 g/mol. The Bertz CT molecular complexity index is 1000. The Hall–Kier alpha value is -3.02. The van der Waals surface area contributed by atoms with E-state index in [1.54, 1.807) is 67.8 Å². The number of halogens is 2. The number of amides is 2. The summed E-state index contributed by atoms with van der Waals surface area (Å²) in [4.78, 5) is 24.6. The van der Waals surface area contributed by atoms with Crippen molar-refractivity contribution >= 4 is 46.4 Å². The van der Waals surface area contributed by atoms with Gasteiger partial charge < -0.3 is 15.4 Å². The summed E-state index contributed by atoms with van der Waals surface area (Å²) in [6.45, 7) is 0. The van der Waals surface area contributed by atoms with Gasteiger partial charge in [0.15, 0.2) is 0 Å². The van der Waals surface area contributed by atoms with E-state index in [4.69, 9.17) is 27.9 Å². The summed E-state index contributed by atoms with van der Waals surface area (Å²) in [5.41, 5.74) is 2.00. The van der Waals surface area contributed by atoms with Gasteiger partial charge in [-0.1, -0.05) is 23.2 Å². The molecule has 5 nitrogen and oxygen atoms in total. The van der Waals surface area contributed by atoms with Crippen LogP contribution in [0.15, 0.2) is 66.7 Å². The number of benzene rings is 3. The van der Waals surface area contributed by atoms with E-state index in [1.165, 1.54) is 6.07 Å². The molecule has 2 N–H and O–H groups in total. The van der Waals surface area contributed by atoms with Crippen molar-refractivity contribution < 1.29 is 14.3 Å². The molecule has 0 saturated carbocycles. The van der Waals surface area contributed by atoms with E-state index in [0.29, 0.717) is 33.3 Å². The molecule has 0 saturated heterocycles. The first kappa shape index (κ1) is 19.7. The molecule has 0 aliphatic rings. The highest BCUT2D eigenvalue weighted by atomic mass is 35.5. The van der Waals surface area contributed by atoms with E-state index < -0.39 is 0 Å². The standard InChI is InChI=1S/C21H16Cl2N2O3/c1-28-17-9-2-13(3-10-17)20(26)24-15-5-7-16(8-6-15)25-21(27)18-11-4-14(22)12-19(18)23/h2-12H,1H3,(H,24,26)(H,25,27). The number of rotatable bonds is 5. The van der Waals surface area contributed by atoms with Gasteiger partial charge in [-0.05, 0) is 66.7 Å². The van der Waals surface area contributed by atoms with Gasteiger partial charge in [-0.15, -0.1) is 0 Å². The van der Waals surface area contributed by atoms with E-state index in [-0.39, 0.29) is 16.8 Å². The third kappa shape index (κ3) is 4.82. The van der Waals surface area contributed by atoms with Crippen molar-refractivity contribution in [3.05, 3.63) is 87.9 Å². The third-order valence-corrected chi connectivity index (χ3v) is 4.48. The van der Waals surface area contributed by atoms with E-state index in [9.17, 15) is 9.59 Å². The maximum atomic E-state index is 12.3. The summed E-state index contributed by atoms with van der Waals surface area (Å²) in [6.07, 6.45) is 0. The summed E-state index contributed by atoms with van der Waals surface area (Å²) >= 11 is 11.9. The zero-order valence-corrected chi connectivity index (χ0v) is 16.3. The zero-order valence-electron chi connectivity index (χ0n) is 14.8. The van der Waals surface area contributed by atoms with Crippen LogP contribution in [0.25, 0.3) is 0 Å². The molecule has 0 aromatic heterocycles. The van der Waals surface area contributed by atoms with Gasteiger partial charge >= 0.3 is 0 Å². The maximum Gasteiger partial charge on any atom is 0.257 e. The molecule has 3 aromatic rings. The maximum absolute atomic E-state index is 12.3. The van der Waals surface area contributed by atoms with Crippen LogP contribution < -0.4 is 15.4 Å². The Morgan fingerprint density at radius 3 is 1.89 bits per heavy atom. The topological polar surface area (TPSA) is 67.4 Å². The first-order valence-corrected chi connectivity index (χ1v) is 9.04. The lowest BCUT2D eigenvalue weighted by molar-refractivity contribution is 0.101. The number of methoxy groups -OCH3 is 1. The first-order chi connectivity index (χ1) is 13.5. The molecule has 0 bridgehead atoms. The molecular weight excluding hydrogens is 399 g/mol. The van der Waals surface area contributed by atoms with Crippen LogP contribution >= 0.6 is 23.2 Å². The van der Waals surface area contributed by atoms with Gasteiger partial charge in [-0.2, -0.15) is 0 Å². The van der Waals surface area contributed by atoms with Crippen molar-refractivity contribution in [1.82, 2.24) is 0 Å². The number of nitrogens with one attached hydrogen (secondary N) is 2. The van der Waals surface area contributed by atoms with Crippen LogP contribution in [0.1, 0.15) is 20.7 Å². The largest absolute Gasteiger partial charge is 0.497 e. The van der Waals surface area contributed by atoms with Gasteiger partial charge in [0.05, 0.1) is 17.7 Å². The molecule has 0 unspecified atom stereocenters. The minimum atomic E-state index is -0.350. The number of hydrogen-bond acceptors (Lipinski definition) is 3. The molecule has 0 aliphatic carbocycles. The van der Waals surface area contributed by atoms with Crippen LogP contribution in [0, 0.1) is 0 Å². The number of anilines is 2. The van der Waals surface area contributed by atoms with E-state index >= 15 is 0 Å². The summed E-state index contributed by atoms with van der Waals surface area (Å²) in [5.74, 6) is 0.0847. The second-order valence-corrected chi connectivity index (χ2v) is 6.68. The fourth-order valence-electron chi connectivity index (χ4n) is 2.45. The number of carbonyl (C=O) groups is 2. The Balaban J connectivity index is 1.64. The van der Waals surface area contributed by atoms with Crippen LogP contribution in [0.5, 0.6) is 5.75 Å². The minimum Gasteiger partial charge on any atom is -0.497 e. The molecule has 3 rings (SSSR count). The predicted molar refractivity (Wildman–Crippen MR) is 112 cm³/mol. The SMILES string of the molecule is COc1ccc(C(=O)Nc2ccc(NC(=O)c3ccc(Cl)cc3Cl)cc2)cc1. The molecule has 0 heterocycles. The monoisotopic (exact) mass is 414 g/mol. The predicted octanol–water partition coefficient (Wildman–Crippen LogP) is 5.51. The van der Waals surface area contributed by atoms with Gasteiger partial charge in [-0.3, -0.25) is 9.59 Å². The average Bonchev–Trinajstić information content (AvgIpc) is 2.69. The summed E-state index contributed by atoms with van der Waals surface area (Å²) in [6, 6.07) is 18.2. The Morgan fingerprint density at radius 1 is 0.786 bits per heavy atom. The number of hydrogen-bond donors (Lipinski definition) is 2. The van der Waals surface area contributed by atoms with E-state index in [0.717, 1.165) is 0 Å². The van der Waals surface area contributed by atoms with Crippen LogP contribution in [0.4, 0.5) is 11.4 Å². The molecule has 0 radical (unpaired) electrons. The smallest absolute Gasteiger partial charge is 0.257 e. The highest BCUT2D eigenvalue weighted by Gasteiger charge is 2.11. The fourth-order valence-corrected chi connectivity index (χ4v) is 2.95. The Morgan fingerprint density at radius 2 is 1.36 bits per heavy atom. The highest BCUT2D eigenvalue weighted by Crippen LogP contribution is 2.23. The van der Waals surface area contributed by atoms with Crippen LogP contribution in [0.2, 0.25) is 10.0 Å². The second kappa shape index (κ2) is 8.78. The Labute approximate surface area is 172 Å². The van der Waals surface area contributed by atoms with Crippen molar-refractivity contribution in [2.45, 2.75) is 0 Å². The molecule has 142 valence electrons. The quantitative estimate of drug-likeness (QED) is 0.578. The summed E-state index contributed by atoms with van der Waals surface area (Å²) in [5, 5.41) is 6.27. The fraction of sp³-hybridized carbons (Fsp3) is 0.0476. The van der Waals surface area contributed by atoms with Gasteiger partial charge in [0.25, 0.3) is 11.8 Å². The van der Waals surface area contributed by atoms with Gasteiger partial charge in [0, 0.05) is 22.0 Å². The second-order valence-electron chi connectivity index (χ2n) is 5.84. The summed E-state index contributed by atoms with van der Waals surface area (Å²) < 4.78 is 5.08. The van der Waals surface area contributed by atoms with E-state index in [1.807, 2.05) is 0 Å². The molecule has 3 aromatic carbocycles. The van der Waals surface area contributed by atoms with Crippen molar-refractivity contribution in [3.63, 3.8) is 0 Å². The first-order valence-electron chi connectivity index (χ1n) is 8.28. The lowest BCUT2D eigenvalue weighted by Gasteiger charge is -2.09. The summed E-state index contributed by atoms with van der Waals surface area (Å²) in [7, 11) is 1.57. The molecule has 0 aliphatic heterocycles. The van der Waals surface area contributed by atoms with Crippen molar-refractivity contribution in [1.29, 1.82) is 0 Å². The van der Waals surface area contributed by atoms with Crippen molar-refractivity contribution in [2.24, 2.45) is 0 Å². The van der Waals surface area contributed by atoms with Gasteiger partial charge in [0.2, 0.25) is 0 Å². The molecule has 0 fully saturated rings. The normalized spacial score (nSPS) is 10.2. The van der Waals surface area contributed by atoms with Crippen LogP contribution in [0.3, 0.4) is 0 Å². The van der Waals surface area contributed by atoms with Gasteiger partial charge in [-0.25, -0.2) is 0 Å². The van der Waals surface area contributed by atoms with Crippen molar-refractivity contribution in [3.8, 4) is 5.75 Å². The lowest BCUT2D eigenvalue weighted by Crippen LogP contribution is -2.13. The molecule has 28 heavy (non-hydrogen) atoms. The highest BCUT2D eigenvalue weighted by molar-refractivity contribution is 6.37. The zero-order chi connectivity index (χ0) is 20.1. The third-order valence-electron chi connectivity index (χ3n) is 3.93. The van der Waals surface area contributed by atoms with E-state index in [2.05, 4.69) is 10.6 Å². The Kier molecular flexibility index (Phi) is 6.19. The van der Waals surface area contributed by atoms with Crippen LogP contribution in [-0.2, 0) is 0 Å². The molecule has 0 spiro atoms. The number of carbonyl (C=O) groups excluding carboxylic acids is 2. The molecule has 7 heteroatoms. The van der Waals surface area contributed by atoms with Crippen molar-refractivity contribution in [2.75, 3.05) is 17.7 Å². The number of ether oxygens (including phenoxy) is 1. The molecule has 2 amide bonds. The minimum absolute atomic E-state index is 0.243. The molecular formula is C21H16Cl2N2O3. The van der Waals surface area contributed by atoms with Crippen LogP contribution in [-0.4, -0.2) is 18.9 Å².